The van der Waals surface area contributed by atoms with Crippen LogP contribution in [0.15, 0.2) is 10.3 Å². The minimum Gasteiger partial charge on any atom is -0.493 e. The highest BCUT2D eigenvalue weighted by Gasteiger charge is 2.21. The van der Waals surface area contributed by atoms with Gasteiger partial charge in [-0.25, -0.2) is 12.7 Å². The SMILES string of the molecule is CCOc1cc(S(=O)(=O)N(C)C)sc1C. The van der Waals surface area contributed by atoms with Crippen LogP contribution in [0.25, 0.3) is 0 Å². The van der Waals surface area contributed by atoms with Crippen LogP contribution in [0.2, 0.25) is 0 Å². The predicted molar refractivity (Wildman–Crippen MR) is 61.1 cm³/mol. The van der Waals surface area contributed by atoms with Crippen molar-refractivity contribution in [1.82, 2.24) is 4.31 Å². The Hall–Kier alpha value is -0.590. The number of nitrogens with zero attached hydrogens (tertiary/aromatic N) is 1. The average Bonchev–Trinajstić information content (AvgIpc) is 2.49. The Morgan fingerprint density at radius 1 is 1.47 bits per heavy atom. The van der Waals surface area contributed by atoms with Crippen LogP contribution in [0, 0.1) is 6.92 Å². The fourth-order valence-electron chi connectivity index (χ4n) is 1.05. The van der Waals surface area contributed by atoms with Crippen LogP contribution in [0.5, 0.6) is 5.75 Å². The number of aryl methyl sites for hydroxylation is 1. The van der Waals surface area contributed by atoms with Crippen LogP contribution in [0.4, 0.5) is 0 Å². The van der Waals surface area contributed by atoms with E-state index in [9.17, 15) is 8.42 Å². The van der Waals surface area contributed by atoms with Crippen LogP contribution >= 0.6 is 11.3 Å². The second-order valence-electron chi connectivity index (χ2n) is 3.21. The van der Waals surface area contributed by atoms with E-state index >= 15 is 0 Å². The van der Waals surface area contributed by atoms with Crippen molar-refractivity contribution in [2.45, 2.75) is 18.1 Å². The van der Waals surface area contributed by atoms with Gasteiger partial charge in [0, 0.05) is 25.0 Å². The maximum absolute atomic E-state index is 11.8. The monoisotopic (exact) mass is 249 g/mol. The predicted octanol–water partition coefficient (Wildman–Crippen LogP) is 1.71. The van der Waals surface area contributed by atoms with Gasteiger partial charge >= 0.3 is 0 Å². The molecule has 6 heteroatoms. The summed E-state index contributed by atoms with van der Waals surface area (Å²) < 4.78 is 30.4. The van der Waals surface area contributed by atoms with Crippen LogP contribution in [0.1, 0.15) is 11.8 Å². The molecule has 0 aliphatic rings. The largest absolute Gasteiger partial charge is 0.493 e. The van der Waals surface area contributed by atoms with Crippen molar-refractivity contribution in [3.05, 3.63) is 10.9 Å². The molecule has 0 aromatic carbocycles. The Bertz CT molecular complexity index is 434. The summed E-state index contributed by atoms with van der Waals surface area (Å²) in [5.41, 5.74) is 0. The van der Waals surface area contributed by atoms with Crippen LogP contribution in [0.3, 0.4) is 0 Å². The third kappa shape index (κ3) is 2.50. The van der Waals surface area contributed by atoms with E-state index in [1.54, 1.807) is 6.07 Å². The lowest BCUT2D eigenvalue weighted by Gasteiger charge is -2.08. The van der Waals surface area contributed by atoms with Crippen LogP contribution < -0.4 is 4.74 Å². The fourth-order valence-corrected chi connectivity index (χ4v) is 3.59. The maximum atomic E-state index is 11.8. The van der Waals surface area contributed by atoms with Gasteiger partial charge in [0.1, 0.15) is 9.96 Å². The highest BCUT2D eigenvalue weighted by atomic mass is 32.2. The minimum absolute atomic E-state index is 0.327. The molecule has 0 atom stereocenters. The van der Waals surface area contributed by atoms with Gasteiger partial charge in [-0.2, -0.15) is 0 Å². The Labute approximate surface area is 94.5 Å². The van der Waals surface area contributed by atoms with Gasteiger partial charge in [-0.1, -0.05) is 0 Å². The number of sulfonamides is 1. The van der Waals surface area contributed by atoms with E-state index in [0.717, 1.165) is 4.88 Å². The molecule has 1 rings (SSSR count). The lowest BCUT2D eigenvalue weighted by Crippen LogP contribution is -2.21. The molecule has 0 unspecified atom stereocenters. The molecule has 0 N–H and O–H groups in total. The van der Waals surface area contributed by atoms with Gasteiger partial charge in [0.15, 0.2) is 0 Å². The Morgan fingerprint density at radius 3 is 2.53 bits per heavy atom. The Kier molecular flexibility index (Phi) is 3.75. The van der Waals surface area contributed by atoms with E-state index in [2.05, 4.69) is 0 Å². The molecular weight excluding hydrogens is 234 g/mol. The molecule has 0 aliphatic carbocycles. The average molecular weight is 249 g/mol. The van der Waals surface area contributed by atoms with Crippen molar-refractivity contribution >= 4 is 21.4 Å². The van der Waals surface area contributed by atoms with Gasteiger partial charge in [-0.05, 0) is 13.8 Å². The van der Waals surface area contributed by atoms with Gasteiger partial charge in [-0.15, -0.1) is 11.3 Å². The fraction of sp³-hybridized carbons (Fsp3) is 0.556. The van der Waals surface area contributed by atoms with E-state index < -0.39 is 10.0 Å². The second kappa shape index (κ2) is 4.51. The molecule has 0 amide bonds. The molecule has 0 aliphatic heterocycles. The third-order valence-electron chi connectivity index (χ3n) is 1.88. The topological polar surface area (TPSA) is 46.6 Å². The second-order valence-corrected chi connectivity index (χ2v) is 6.84. The summed E-state index contributed by atoms with van der Waals surface area (Å²) in [5.74, 6) is 0.655. The molecule has 4 nitrogen and oxygen atoms in total. The van der Waals surface area contributed by atoms with E-state index in [1.807, 2.05) is 13.8 Å². The Balaban J connectivity index is 3.13. The quantitative estimate of drug-likeness (QED) is 0.816. The molecule has 1 aromatic heterocycles. The van der Waals surface area contributed by atoms with Gasteiger partial charge < -0.3 is 4.74 Å². The lowest BCUT2D eigenvalue weighted by atomic mass is 10.5. The highest BCUT2D eigenvalue weighted by molar-refractivity contribution is 7.91. The van der Waals surface area contributed by atoms with Crippen LogP contribution in [-0.2, 0) is 10.0 Å². The highest BCUT2D eigenvalue weighted by Crippen LogP contribution is 2.32. The first-order chi connectivity index (χ1) is 6.89. The van der Waals surface area contributed by atoms with Crippen LogP contribution in [-0.4, -0.2) is 33.4 Å². The molecule has 0 bridgehead atoms. The van der Waals surface area contributed by atoms with Crippen molar-refractivity contribution in [1.29, 1.82) is 0 Å². The molecule has 0 radical (unpaired) electrons. The van der Waals surface area contributed by atoms with Crippen molar-refractivity contribution < 1.29 is 13.2 Å². The molecule has 0 saturated heterocycles. The van der Waals surface area contributed by atoms with Gasteiger partial charge in [0.25, 0.3) is 10.0 Å². The first kappa shape index (κ1) is 12.5. The standard InChI is InChI=1S/C9H15NO3S2/c1-5-13-8-6-9(14-7(8)2)15(11,12)10(3)4/h6H,5H2,1-4H3. The minimum atomic E-state index is -3.33. The number of rotatable bonds is 4. The molecule has 0 spiro atoms. The summed E-state index contributed by atoms with van der Waals surface area (Å²) in [6, 6.07) is 1.58. The molecule has 15 heavy (non-hydrogen) atoms. The summed E-state index contributed by atoms with van der Waals surface area (Å²) in [4.78, 5) is 0.886. The zero-order valence-electron chi connectivity index (χ0n) is 9.27. The number of hydrogen-bond donors (Lipinski definition) is 0. The summed E-state index contributed by atoms with van der Waals surface area (Å²) in [6.45, 7) is 4.26. The van der Waals surface area contributed by atoms with E-state index in [1.165, 1.54) is 29.7 Å². The molecule has 86 valence electrons. The van der Waals surface area contributed by atoms with E-state index in [-0.39, 0.29) is 0 Å². The maximum Gasteiger partial charge on any atom is 0.252 e. The Morgan fingerprint density at radius 2 is 2.07 bits per heavy atom. The zero-order valence-corrected chi connectivity index (χ0v) is 10.9. The number of thiophene rings is 1. The molecule has 0 fully saturated rings. The summed E-state index contributed by atoms with van der Waals surface area (Å²) in [6.07, 6.45) is 0. The first-order valence-corrected chi connectivity index (χ1v) is 6.81. The van der Waals surface area contributed by atoms with Gasteiger partial charge in [0.2, 0.25) is 0 Å². The van der Waals surface area contributed by atoms with Crippen molar-refractivity contribution in [3.63, 3.8) is 0 Å². The van der Waals surface area contributed by atoms with Crippen molar-refractivity contribution in [2.75, 3.05) is 20.7 Å². The molecule has 1 heterocycles. The zero-order chi connectivity index (χ0) is 11.6. The van der Waals surface area contributed by atoms with Gasteiger partial charge in [0.05, 0.1) is 6.61 Å². The summed E-state index contributed by atoms with van der Waals surface area (Å²) in [5, 5.41) is 0. The third-order valence-corrected chi connectivity index (χ3v) is 5.18. The molecule has 1 aromatic rings. The lowest BCUT2D eigenvalue weighted by molar-refractivity contribution is 0.339. The first-order valence-electron chi connectivity index (χ1n) is 4.55. The number of hydrogen-bond acceptors (Lipinski definition) is 4. The summed E-state index contributed by atoms with van der Waals surface area (Å²) in [7, 11) is -0.288. The summed E-state index contributed by atoms with van der Waals surface area (Å²) >= 11 is 1.23. The van der Waals surface area contributed by atoms with Crippen molar-refractivity contribution in [3.8, 4) is 5.75 Å². The van der Waals surface area contributed by atoms with Gasteiger partial charge in [-0.3, -0.25) is 0 Å². The molecular formula is C9H15NO3S2. The number of ether oxygens (including phenoxy) is 1. The smallest absolute Gasteiger partial charge is 0.252 e. The van der Waals surface area contributed by atoms with E-state index in [0.29, 0.717) is 16.6 Å². The van der Waals surface area contributed by atoms with Crippen molar-refractivity contribution in [2.24, 2.45) is 0 Å². The molecule has 0 saturated carbocycles. The normalized spacial score (nSPS) is 12.1. The van der Waals surface area contributed by atoms with E-state index in [4.69, 9.17) is 4.74 Å².